The molecule has 0 saturated heterocycles. The van der Waals surface area contributed by atoms with E-state index in [4.69, 9.17) is 11.6 Å². The minimum Gasteiger partial charge on any atom is -0.337 e. The molecule has 0 aliphatic carbocycles. The Kier molecular flexibility index (Phi) is 4.45. The van der Waals surface area contributed by atoms with Crippen LogP contribution in [0.2, 0.25) is 5.02 Å². The molecule has 0 radical (unpaired) electrons. The largest absolute Gasteiger partial charge is 0.337 e. The number of benzene rings is 1. The van der Waals surface area contributed by atoms with Gasteiger partial charge in [0, 0.05) is 0 Å². The van der Waals surface area contributed by atoms with Gasteiger partial charge in [0.05, 0.1) is 5.02 Å². The summed E-state index contributed by atoms with van der Waals surface area (Å²) in [5, 5.41) is 12.3. The Bertz CT molecular complexity index is 828. The minimum absolute atomic E-state index is 0.232. The molecule has 0 fully saturated rings. The lowest BCUT2D eigenvalue weighted by Crippen LogP contribution is -2.29. The maximum absolute atomic E-state index is 12.6. The number of aromatic amines is 1. The lowest BCUT2D eigenvalue weighted by atomic mass is 10.1. The molecule has 1 amide bonds. The Morgan fingerprint density at radius 3 is 2.61 bits per heavy atom. The molecule has 1 atom stereocenters. The van der Waals surface area contributed by atoms with Gasteiger partial charge >= 0.3 is 0 Å². The van der Waals surface area contributed by atoms with E-state index in [0.717, 1.165) is 11.1 Å². The molecular weight excluding hydrogens is 332 g/mol. The van der Waals surface area contributed by atoms with E-state index in [0.29, 0.717) is 21.5 Å². The molecule has 1 aromatic carbocycles. The van der Waals surface area contributed by atoms with Gasteiger partial charge in [0.1, 0.15) is 16.7 Å². The quantitative estimate of drug-likeness (QED) is 0.757. The van der Waals surface area contributed by atoms with E-state index in [1.54, 1.807) is 0 Å². The standard InChI is InChI=1S/C16H15ClN4OS/c1-9-8-23-14(12(9)17)16(22)19-13(11-6-4-3-5-7-11)15-18-10(2)20-21-15/h3-8,13H,1-2H3,(H,19,22)(H,18,20,21). The smallest absolute Gasteiger partial charge is 0.263 e. The molecule has 0 spiro atoms. The van der Waals surface area contributed by atoms with Crippen LogP contribution >= 0.6 is 22.9 Å². The average molecular weight is 347 g/mol. The number of carbonyl (C=O) groups excluding carboxylic acids is 1. The zero-order chi connectivity index (χ0) is 16.4. The normalized spacial score (nSPS) is 12.1. The van der Waals surface area contributed by atoms with E-state index >= 15 is 0 Å². The Balaban J connectivity index is 1.93. The third-order valence-electron chi connectivity index (χ3n) is 3.39. The van der Waals surface area contributed by atoms with Crippen molar-refractivity contribution in [1.82, 2.24) is 20.5 Å². The van der Waals surface area contributed by atoms with Gasteiger partial charge in [-0.1, -0.05) is 41.9 Å². The molecule has 118 valence electrons. The number of thiophene rings is 1. The van der Waals surface area contributed by atoms with Gasteiger partial charge in [-0.25, -0.2) is 4.98 Å². The van der Waals surface area contributed by atoms with Crippen molar-refractivity contribution < 1.29 is 4.79 Å². The van der Waals surface area contributed by atoms with Gasteiger partial charge in [0.15, 0.2) is 5.82 Å². The Hall–Kier alpha value is -2.18. The van der Waals surface area contributed by atoms with Crippen molar-refractivity contribution in [2.75, 3.05) is 0 Å². The van der Waals surface area contributed by atoms with Crippen LogP contribution in [-0.4, -0.2) is 21.1 Å². The van der Waals surface area contributed by atoms with Gasteiger partial charge in [-0.3, -0.25) is 9.89 Å². The number of halogens is 1. The highest BCUT2D eigenvalue weighted by Gasteiger charge is 2.23. The first kappa shape index (κ1) is 15.7. The van der Waals surface area contributed by atoms with Crippen molar-refractivity contribution >= 4 is 28.8 Å². The molecule has 0 aliphatic heterocycles. The first-order valence-electron chi connectivity index (χ1n) is 7.04. The van der Waals surface area contributed by atoms with Crippen LogP contribution in [0.3, 0.4) is 0 Å². The first-order chi connectivity index (χ1) is 11.1. The molecule has 0 aliphatic rings. The fourth-order valence-corrected chi connectivity index (χ4v) is 3.39. The van der Waals surface area contributed by atoms with Gasteiger partial charge in [-0.05, 0) is 30.4 Å². The molecule has 3 rings (SSSR count). The first-order valence-corrected chi connectivity index (χ1v) is 8.30. The van der Waals surface area contributed by atoms with Crippen LogP contribution in [0.5, 0.6) is 0 Å². The van der Waals surface area contributed by atoms with Crippen LogP contribution in [-0.2, 0) is 0 Å². The third kappa shape index (κ3) is 3.28. The monoisotopic (exact) mass is 346 g/mol. The molecule has 2 N–H and O–H groups in total. The summed E-state index contributed by atoms with van der Waals surface area (Å²) in [5.74, 6) is 0.982. The highest BCUT2D eigenvalue weighted by atomic mass is 35.5. The fraction of sp³-hybridized carbons (Fsp3) is 0.188. The zero-order valence-electron chi connectivity index (χ0n) is 12.6. The summed E-state index contributed by atoms with van der Waals surface area (Å²) in [6.07, 6.45) is 0. The number of rotatable bonds is 4. The lowest BCUT2D eigenvalue weighted by molar-refractivity contribution is 0.0945. The molecule has 3 aromatic rings. The Morgan fingerprint density at radius 1 is 1.30 bits per heavy atom. The number of nitrogens with one attached hydrogen (secondary N) is 2. The van der Waals surface area contributed by atoms with Crippen molar-refractivity contribution in [2.45, 2.75) is 19.9 Å². The molecule has 1 unspecified atom stereocenters. The second kappa shape index (κ2) is 6.52. The van der Waals surface area contributed by atoms with Crippen LogP contribution < -0.4 is 5.32 Å². The molecule has 5 nitrogen and oxygen atoms in total. The van der Waals surface area contributed by atoms with Crippen LogP contribution in [0.1, 0.15) is 38.5 Å². The summed E-state index contributed by atoms with van der Waals surface area (Å²) in [4.78, 5) is 17.4. The summed E-state index contributed by atoms with van der Waals surface area (Å²) in [7, 11) is 0. The van der Waals surface area contributed by atoms with Crippen molar-refractivity contribution in [1.29, 1.82) is 0 Å². The second-order valence-corrected chi connectivity index (χ2v) is 6.42. The number of H-pyrrole nitrogens is 1. The van der Waals surface area contributed by atoms with Gasteiger partial charge in [0.2, 0.25) is 0 Å². The molecular formula is C16H15ClN4OS. The fourth-order valence-electron chi connectivity index (χ4n) is 2.21. The van der Waals surface area contributed by atoms with Crippen molar-refractivity contribution in [3.05, 3.63) is 68.4 Å². The maximum Gasteiger partial charge on any atom is 0.263 e. The molecule has 7 heteroatoms. The predicted octanol–water partition coefficient (Wildman–Crippen LogP) is 3.66. The molecule has 2 aromatic heterocycles. The highest BCUT2D eigenvalue weighted by Crippen LogP contribution is 2.28. The van der Waals surface area contributed by atoms with Crippen LogP contribution in [0.25, 0.3) is 0 Å². The average Bonchev–Trinajstić information content (AvgIpc) is 3.12. The van der Waals surface area contributed by atoms with Gasteiger partial charge in [0.25, 0.3) is 5.91 Å². The third-order valence-corrected chi connectivity index (χ3v) is 5.08. The van der Waals surface area contributed by atoms with Gasteiger partial charge in [-0.2, -0.15) is 5.10 Å². The van der Waals surface area contributed by atoms with Gasteiger partial charge < -0.3 is 5.32 Å². The van der Waals surface area contributed by atoms with Crippen LogP contribution in [0, 0.1) is 13.8 Å². The van der Waals surface area contributed by atoms with Crippen molar-refractivity contribution in [3.63, 3.8) is 0 Å². The van der Waals surface area contributed by atoms with Crippen molar-refractivity contribution in [3.8, 4) is 0 Å². The maximum atomic E-state index is 12.6. The molecule has 0 saturated carbocycles. The SMILES string of the molecule is Cc1nc(C(NC(=O)c2scc(C)c2Cl)c2ccccc2)n[nH]1. The van der Waals surface area contributed by atoms with E-state index < -0.39 is 6.04 Å². The highest BCUT2D eigenvalue weighted by molar-refractivity contribution is 7.13. The summed E-state index contributed by atoms with van der Waals surface area (Å²) in [5.41, 5.74) is 1.80. The number of carbonyl (C=O) groups is 1. The number of aryl methyl sites for hydroxylation is 2. The number of hydrogen-bond donors (Lipinski definition) is 2. The summed E-state index contributed by atoms with van der Waals surface area (Å²) >= 11 is 7.52. The zero-order valence-corrected chi connectivity index (χ0v) is 14.2. The lowest BCUT2D eigenvalue weighted by Gasteiger charge is -2.16. The van der Waals surface area contributed by atoms with E-state index in [9.17, 15) is 4.79 Å². The molecule has 2 heterocycles. The second-order valence-electron chi connectivity index (χ2n) is 5.16. The van der Waals surface area contributed by atoms with E-state index in [-0.39, 0.29) is 5.91 Å². The predicted molar refractivity (Wildman–Crippen MR) is 90.9 cm³/mol. The number of nitrogens with zero attached hydrogens (tertiary/aromatic N) is 2. The van der Waals surface area contributed by atoms with E-state index in [1.165, 1.54) is 11.3 Å². The topological polar surface area (TPSA) is 70.7 Å². The van der Waals surface area contributed by atoms with Gasteiger partial charge in [-0.15, -0.1) is 11.3 Å². The van der Waals surface area contributed by atoms with E-state index in [2.05, 4.69) is 20.5 Å². The summed E-state index contributed by atoms with van der Waals surface area (Å²) in [6, 6.07) is 9.17. The summed E-state index contributed by atoms with van der Waals surface area (Å²) in [6.45, 7) is 3.70. The van der Waals surface area contributed by atoms with Crippen LogP contribution in [0.15, 0.2) is 35.7 Å². The number of aromatic nitrogens is 3. The minimum atomic E-state index is -0.438. The molecule has 23 heavy (non-hydrogen) atoms. The number of hydrogen-bond acceptors (Lipinski definition) is 4. The van der Waals surface area contributed by atoms with Crippen molar-refractivity contribution in [2.24, 2.45) is 0 Å². The van der Waals surface area contributed by atoms with E-state index in [1.807, 2.05) is 49.6 Å². The Morgan fingerprint density at radius 2 is 2.04 bits per heavy atom. The molecule has 0 bridgehead atoms. The number of amides is 1. The van der Waals surface area contributed by atoms with Crippen LogP contribution in [0.4, 0.5) is 0 Å². The summed E-state index contributed by atoms with van der Waals surface area (Å²) < 4.78 is 0. The Labute approximate surface area is 142 Å².